The van der Waals surface area contributed by atoms with E-state index in [1.807, 2.05) is 0 Å². The van der Waals surface area contributed by atoms with Crippen molar-refractivity contribution in [1.82, 2.24) is 0 Å². The summed E-state index contributed by atoms with van der Waals surface area (Å²) in [5, 5.41) is 23.3. The lowest BCUT2D eigenvalue weighted by molar-refractivity contribution is -0.388. The van der Waals surface area contributed by atoms with Gasteiger partial charge in [0, 0.05) is 12.1 Å². The molecule has 0 N–H and O–H groups in total. The summed E-state index contributed by atoms with van der Waals surface area (Å²) in [7, 11) is -4.27. The van der Waals surface area contributed by atoms with Crippen LogP contribution in [0.3, 0.4) is 0 Å². The molecule has 13 heteroatoms. The summed E-state index contributed by atoms with van der Waals surface area (Å²) in [6.07, 6.45) is 2.97. The Hall–Kier alpha value is -3.55. The second kappa shape index (κ2) is 10.4. The van der Waals surface area contributed by atoms with Crippen LogP contribution in [-0.2, 0) is 21.3 Å². The van der Waals surface area contributed by atoms with Crippen LogP contribution in [-0.4, -0.2) is 18.3 Å². The Balaban J connectivity index is 1.63. The fourth-order valence-corrected chi connectivity index (χ4v) is 6.20. The van der Waals surface area contributed by atoms with Gasteiger partial charge in [-0.3, -0.25) is 20.2 Å². The minimum absolute atomic E-state index is 0.265. The molecule has 0 atom stereocenters. The first kappa shape index (κ1) is 24.6. The van der Waals surface area contributed by atoms with Crippen LogP contribution < -0.4 is 0 Å². The fourth-order valence-electron chi connectivity index (χ4n) is 3.08. The van der Waals surface area contributed by atoms with Gasteiger partial charge in [0.15, 0.2) is 0 Å². The normalized spacial score (nSPS) is 11.4. The third-order valence-electron chi connectivity index (χ3n) is 4.77. The molecular weight excluding hydrogens is 516 g/mol. The molecule has 4 aromatic rings. The molecule has 2 heterocycles. The zero-order valence-electron chi connectivity index (χ0n) is 17.7. The van der Waals surface area contributed by atoms with E-state index in [9.17, 15) is 28.6 Å². The standard InChI is InChI=1S/C22H16N2O8S3/c25-23(26)19-11-17(5-7-21(19)33-13-15-3-1-9-31-15)35(29,30)18-6-8-22(20(12-18)24(27)28)34-14-16-4-2-10-32-16/h1-12H,13-14H2. The summed E-state index contributed by atoms with van der Waals surface area (Å²) in [5.74, 6) is 1.86. The molecule has 2 aromatic carbocycles. The minimum atomic E-state index is -4.27. The number of nitro groups is 2. The van der Waals surface area contributed by atoms with Gasteiger partial charge in [-0.25, -0.2) is 8.42 Å². The Morgan fingerprint density at radius 3 is 1.49 bits per heavy atom. The summed E-state index contributed by atoms with van der Waals surface area (Å²) in [6, 6.07) is 14.0. The molecule has 0 amide bonds. The smallest absolute Gasteiger partial charge is 0.284 e. The first-order valence-electron chi connectivity index (χ1n) is 9.88. The van der Waals surface area contributed by atoms with Gasteiger partial charge >= 0.3 is 0 Å². The van der Waals surface area contributed by atoms with E-state index in [-0.39, 0.29) is 31.0 Å². The lowest BCUT2D eigenvalue weighted by atomic mass is 10.3. The molecule has 2 aromatic heterocycles. The quantitative estimate of drug-likeness (QED) is 0.133. The number of nitrogens with zero attached hydrogens (tertiary/aromatic N) is 2. The second-order valence-corrected chi connectivity index (χ2v) is 11.0. The fraction of sp³-hybridized carbons (Fsp3) is 0.0909. The Labute approximate surface area is 207 Å². The highest BCUT2D eigenvalue weighted by Gasteiger charge is 2.26. The predicted molar refractivity (Wildman–Crippen MR) is 128 cm³/mol. The Bertz CT molecular complexity index is 1360. The van der Waals surface area contributed by atoms with Crippen molar-refractivity contribution in [2.75, 3.05) is 0 Å². The number of hydrogen-bond donors (Lipinski definition) is 0. The monoisotopic (exact) mass is 532 g/mol. The van der Waals surface area contributed by atoms with E-state index in [4.69, 9.17) is 8.83 Å². The molecule has 10 nitrogen and oxygen atoms in total. The van der Waals surface area contributed by atoms with Gasteiger partial charge in [-0.15, -0.1) is 23.5 Å². The lowest BCUT2D eigenvalue weighted by Crippen LogP contribution is -2.05. The van der Waals surface area contributed by atoms with Gasteiger partial charge in [0.05, 0.1) is 53.5 Å². The molecule has 0 saturated carbocycles. The van der Waals surface area contributed by atoms with E-state index in [0.717, 1.165) is 35.7 Å². The van der Waals surface area contributed by atoms with Crippen molar-refractivity contribution in [3.05, 3.63) is 105 Å². The van der Waals surface area contributed by atoms with Gasteiger partial charge in [-0.2, -0.15) is 0 Å². The topological polar surface area (TPSA) is 147 Å². The summed E-state index contributed by atoms with van der Waals surface area (Å²) in [5.41, 5.74) is -0.773. The van der Waals surface area contributed by atoms with E-state index >= 15 is 0 Å². The van der Waals surface area contributed by atoms with Gasteiger partial charge in [-0.05, 0) is 48.5 Å². The summed E-state index contributed by atoms with van der Waals surface area (Å²) in [4.78, 5) is 21.8. The first-order valence-corrected chi connectivity index (χ1v) is 13.3. The molecule has 4 rings (SSSR count). The van der Waals surface area contributed by atoms with Gasteiger partial charge in [0.25, 0.3) is 11.4 Å². The molecule has 0 aliphatic heterocycles. The minimum Gasteiger partial charge on any atom is -0.468 e. The molecule has 0 aliphatic carbocycles. The molecule has 0 bridgehead atoms. The largest absolute Gasteiger partial charge is 0.468 e. The van der Waals surface area contributed by atoms with Crippen LogP contribution in [0.2, 0.25) is 0 Å². The number of nitro benzene ring substituents is 2. The zero-order chi connectivity index (χ0) is 25.0. The number of rotatable bonds is 10. The third kappa shape index (κ3) is 5.58. The highest BCUT2D eigenvalue weighted by atomic mass is 32.2. The van der Waals surface area contributed by atoms with E-state index in [1.54, 1.807) is 24.3 Å². The first-order chi connectivity index (χ1) is 16.8. The summed E-state index contributed by atoms with van der Waals surface area (Å²) >= 11 is 2.26. The number of sulfone groups is 1. The van der Waals surface area contributed by atoms with Crippen LogP contribution in [0.1, 0.15) is 11.5 Å². The van der Waals surface area contributed by atoms with Crippen molar-refractivity contribution in [3.63, 3.8) is 0 Å². The summed E-state index contributed by atoms with van der Waals surface area (Å²) < 4.78 is 36.9. The van der Waals surface area contributed by atoms with Gasteiger partial charge in [-0.1, -0.05) is 0 Å². The van der Waals surface area contributed by atoms with Crippen LogP contribution in [0.25, 0.3) is 0 Å². The van der Waals surface area contributed by atoms with E-state index < -0.39 is 19.7 Å². The van der Waals surface area contributed by atoms with Crippen molar-refractivity contribution in [2.45, 2.75) is 31.1 Å². The molecule has 0 unspecified atom stereocenters. The molecule has 35 heavy (non-hydrogen) atoms. The van der Waals surface area contributed by atoms with Crippen LogP contribution in [0.15, 0.2) is 102 Å². The predicted octanol–water partition coefficient (Wildman–Crippen LogP) is 6.11. The molecule has 0 spiro atoms. The molecular formula is C22H16N2O8S3. The van der Waals surface area contributed by atoms with E-state index in [1.165, 1.54) is 36.8 Å². The molecule has 0 saturated heterocycles. The molecule has 0 fully saturated rings. The highest BCUT2D eigenvalue weighted by Crippen LogP contribution is 2.37. The Morgan fingerprint density at radius 2 is 1.14 bits per heavy atom. The van der Waals surface area contributed by atoms with Crippen molar-refractivity contribution in [3.8, 4) is 0 Å². The summed E-state index contributed by atoms with van der Waals surface area (Å²) in [6.45, 7) is 0. The van der Waals surface area contributed by atoms with Crippen molar-refractivity contribution < 1.29 is 27.1 Å². The second-order valence-electron chi connectivity index (χ2n) is 7.01. The highest BCUT2D eigenvalue weighted by molar-refractivity contribution is 7.99. The zero-order valence-corrected chi connectivity index (χ0v) is 20.2. The van der Waals surface area contributed by atoms with E-state index in [0.29, 0.717) is 23.0 Å². The SMILES string of the molecule is O=[N+]([O-])c1cc(S(=O)(=O)c2ccc(SCc3ccco3)c([N+](=O)[O-])c2)ccc1SCc1ccco1. The van der Waals surface area contributed by atoms with Gasteiger partial charge in [0.2, 0.25) is 9.84 Å². The van der Waals surface area contributed by atoms with Crippen molar-refractivity contribution >= 4 is 44.7 Å². The average Bonchev–Trinajstić information content (AvgIpc) is 3.55. The average molecular weight is 533 g/mol. The third-order valence-corrected chi connectivity index (χ3v) is 8.69. The number of benzene rings is 2. The molecule has 180 valence electrons. The Kier molecular flexibility index (Phi) is 7.28. The van der Waals surface area contributed by atoms with Crippen LogP contribution in [0.5, 0.6) is 0 Å². The van der Waals surface area contributed by atoms with Gasteiger partial charge < -0.3 is 8.83 Å². The number of furan rings is 2. The number of thioether (sulfide) groups is 2. The maximum Gasteiger partial charge on any atom is 0.284 e. The molecule has 0 radical (unpaired) electrons. The van der Waals surface area contributed by atoms with Gasteiger partial charge in [0.1, 0.15) is 11.5 Å². The molecule has 0 aliphatic rings. The van der Waals surface area contributed by atoms with Crippen molar-refractivity contribution in [2.24, 2.45) is 0 Å². The van der Waals surface area contributed by atoms with Crippen molar-refractivity contribution in [1.29, 1.82) is 0 Å². The maximum absolute atomic E-state index is 13.2. The van der Waals surface area contributed by atoms with Crippen LogP contribution >= 0.6 is 23.5 Å². The van der Waals surface area contributed by atoms with Crippen LogP contribution in [0.4, 0.5) is 11.4 Å². The number of hydrogen-bond acceptors (Lipinski definition) is 10. The Morgan fingerprint density at radius 1 is 0.714 bits per heavy atom. The lowest BCUT2D eigenvalue weighted by Gasteiger charge is -2.09. The van der Waals surface area contributed by atoms with Crippen LogP contribution in [0, 0.1) is 20.2 Å². The van der Waals surface area contributed by atoms with E-state index in [2.05, 4.69) is 0 Å². The maximum atomic E-state index is 13.2.